The number of nitrogens with zero attached hydrogens (tertiary/aromatic N) is 2. The maximum Gasteiger partial charge on any atom is 0.437 e. The number of hydrogen-bond donors (Lipinski definition) is 1. The summed E-state index contributed by atoms with van der Waals surface area (Å²) in [6, 6.07) is 25.6. The number of benzene rings is 3. The molecule has 4 aromatic rings. The minimum atomic E-state index is -0.789. The van der Waals surface area contributed by atoms with E-state index in [1.54, 1.807) is 24.3 Å². The Bertz CT molecular complexity index is 1430. The molecular weight excluding hydrogens is 494 g/mol. The van der Waals surface area contributed by atoms with Crippen LogP contribution in [0.25, 0.3) is 0 Å². The zero-order chi connectivity index (χ0) is 27.6. The molecule has 0 unspecified atom stereocenters. The fraction of sp³-hybridized carbons (Fsp3) is 0.290. The van der Waals surface area contributed by atoms with Crippen molar-refractivity contribution in [3.8, 4) is 5.75 Å². The number of carbonyl (C=O) groups excluding carboxylic acids is 2. The molecule has 1 heterocycles. The molecule has 39 heavy (non-hydrogen) atoms. The number of rotatable bonds is 13. The highest BCUT2D eigenvalue weighted by atomic mass is 16.5. The van der Waals surface area contributed by atoms with Gasteiger partial charge in [0.05, 0.1) is 6.04 Å². The van der Waals surface area contributed by atoms with E-state index in [0.29, 0.717) is 37.2 Å². The zero-order valence-corrected chi connectivity index (χ0v) is 22.2. The maximum absolute atomic E-state index is 13.2. The number of ether oxygens (including phenoxy) is 1. The summed E-state index contributed by atoms with van der Waals surface area (Å²) in [6.07, 6.45) is 1.52. The quantitative estimate of drug-likeness (QED) is 0.272. The lowest BCUT2D eigenvalue weighted by Gasteiger charge is -2.19. The van der Waals surface area contributed by atoms with E-state index in [0.717, 1.165) is 15.8 Å². The largest absolute Gasteiger partial charge is 0.489 e. The molecule has 0 spiro atoms. The Morgan fingerprint density at radius 3 is 2.31 bits per heavy atom. The van der Waals surface area contributed by atoms with E-state index in [1.807, 2.05) is 74.5 Å². The van der Waals surface area contributed by atoms with Crippen molar-refractivity contribution in [1.82, 2.24) is 15.1 Å². The average Bonchev–Trinajstić information content (AvgIpc) is 3.30. The highest BCUT2D eigenvalue weighted by molar-refractivity contribution is 5.98. The van der Waals surface area contributed by atoms with E-state index in [4.69, 9.17) is 9.15 Å². The number of amides is 1. The maximum atomic E-state index is 13.2. The number of carbonyl (C=O) groups is 2. The highest BCUT2D eigenvalue weighted by Crippen LogP contribution is 2.16. The number of nitrogens with one attached hydrogen (secondary N) is 1. The summed E-state index contributed by atoms with van der Waals surface area (Å²) in [6.45, 7) is 4.02. The first-order chi connectivity index (χ1) is 18.9. The minimum absolute atomic E-state index is 0.134. The van der Waals surface area contributed by atoms with Gasteiger partial charge < -0.3 is 14.5 Å². The summed E-state index contributed by atoms with van der Waals surface area (Å²) in [5.74, 6) is -0.447. The van der Waals surface area contributed by atoms with Gasteiger partial charge in [0.15, 0.2) is 5.78 Å². The van der Waals surface area contributed by atoms with Gasteiger partial charge in [-0.05, 0) is 48.1 Å². The first-order valence-electron chi connectivity index (χ1n) is 13.1. The number of hydrogen-bond acceptors (Lipinski definition) is 6. The normalized spacial score (nSPS) is 11.8. The van der Waals surface area contributed by atoms with Crippen LogP contribution in [0.15, 0.2) is 94.1 Å². The summed E-state index contributed by atoms with van der Waals surface area (Å²) in [7, 11) is 0. The average molecular weight is 528 g/mol. The van der Waals surface area contributed by atoms with Crippen LogP contribution in [0.3, 0.4) is 0 Å². The van der Waals surface area contributed by atoms with Crippen molar-refractivity contribution in [1.29, 1.82) is 0 Å². The summed E-state index contributed by atoms with van der Waals surface area (Å²) in [4.78, 5) is 38.6. The third-order valence-corrected chi connectivity index (χ3v) is 6.17. The Balaban J connectivity index is 1.39. The Labute approximate surface area is 227 Å². The monoisotopic (exact) mass is 527 g/mol. The van der Waals surface area contributed by atoms with Gasteiger partial charge in [-0.25, -0.2) is 4.79 Å². The first kappa shape index (κ1) is 27.6. The number of ketones is 1. The molecule has 0 aliphatic rings. The van der Waals surface area contributed by atoms with Crippen molar-refractivity contribution in [2.45, 2.75) is 52.3 Å². The third kappa shape index (κ3) is 8.26. The van der Waals surface area contributed by atoms with Crippen LogP contribution in [-0.4, -0.2) is 27.5 Å². The van der Waals surface area contributed by atoms with Crippen molar-refractivity contribution >= 4 is 11.7 Å². The molecule has 1 N–H and O–H groups in total. The lowest BCUT2D eigenvalue weighted by molar-refractivity contribution is -0.122. The summed E-state index contributed by atoms with van der Waals surface area (Å²) >= 11 is 0. The zero-order valence-electron chi connectivity index (χ0n) is 22.2. The molecule has 0 fully saturated rings. The lowest BCUT2D eigenvalue weighted by atomic mass is 9.99. The molecule has 4 rings (SSSR count). The topological polar surface area (TPSA) is 103 Å². The Morgan fingerprint density at radius 1 is 0.923 bits per heavy atom. The summed E-state index contributed by atoms with van der Waals surface area (Å²) < 4.78 is 12.1. The third-order valence-electron chi connectivity index (χ3n) is 6.17. The number of aryl methyl sites for hydroxylation is 2. The van der Waals surface area contributed by atoms with E-state index in [-0.39, 0.29) is 24.1 Å². The highest BCUT2D eigenvalue weighted by Gasteiger charge is 2.24. The second kappa shape index (κ2) is 13.4. The smallest absolute Gasteiger partial charge is 0.437 e. The molecule has 0 aliphatic heterocycles. The lowest BCUT2D eigenvalue weighted by Crippen LogP contribution is -2.44. The van der Waals surface area contributed by atoms with Crippen LogP contribution in [0.1, 0.15) is 47.6 Å². The van der Waals surface area contributed by atoms with Crippen LogP contribution in [-0.2, 0) is 30.8 Å². The molecule has 0 bridgehead atoms. The van der Waals surface area contributed by atoms with Crippen LogP contribution in [0, 0.1) is 5.92 Å². The van der Waals surface area contributed by atoms with Gasteiger partial charge in [-0.2, -0.15) is 4.68 Å². The van der Waals surface area contributed by atoms with Crippen LogP contribution >= 0.6 is 0 Å². The van der Waals surface area contributed by atoms with Crippen LogP contribution in [0.5, 0.6) is 5.75 Å². The number of Topliss-reactive ketones (excluding diaryl/α,β-unsaturated/α-hetero) is 1. The van der Waals surface area contributed by atoms with Gasteiger partial charge >= 0.3 is 5.76 Å². The van der Waals surface area contributed by atoms with Gasteiger partial charge in [0, 0.05) is 12.0 Å². The Morgan fingerprint density at radius 2 is 1.62 bits per heavy atom. The van der Waals surface area contributed by atoms with Crippen molar-refractivity contribution in [3.05, 3.63) is 118 Å². The Hall–Kier alpha value is -4.46. The van der Waals surface area contributed by atoms with Crippen molar-refractivity contribution < 1.29 is 18.7 Å². The molecule has 0 saturated carbocycles. The van der Waals surface area contributed by atoms with Crippen LogP contribution in [0.2, 0.25) is 0 Å². The van der Waals surface area contributed by atoms with Gasteiger partial charge in [0.2, 0.25) is 5.89 Å². The van der Waals surface area contributed by atoms with Crippen molar-refractivity contribution in [2.24, 2.45) is 5.92 Å². The van der Waals surface area contributed by atoms with Crippen molar-refractivity contribution in [3.63, 3.8) is 0 Å². The van der Waals surface area contributed by atoms with E-state index in [9.17, 15) is 14.4 Å². The van der Waals surface area contributed by atoms with Gasteiger partial charge in [-0.15, -0.1) is 5.10 Å². The fourth-order valence-corrected chi connectivity index (χ4v) is 4.16. The molecule has 0 saturated heterocycles. The molecule has 0 aliphatic carbocycles. The molecule has 1 amide bonds. The van der Waals surface area contributed by atoms with E-state index >= 15 is 0 Å². The molecule has 8 heteroatoms. The molecule has 1 atom stereocenters. The standard InChI is InChI=1S/C31H33N3O5/c1-22(2)18-27(28(35)20-34-31(37)39-29(33-34)17-16-23-10-5-3-6-11-23)32-30(36)25-14-9-15-26(19-25)38-21-24-12-7-4-8-13-24/h3-15,19,22,27H,16-18,20-21H2,1-2H3,(H,32,36)/t27-/m0/s1. The van der Waals surface area contributed by atoms with Gasteiger partial charge in [-0.1, -0.05) is 80.6 Å². The predicted molar refractivity (Wildman–Crippen MR) is 148 cm³/mol. The van der Waals surface area contributed by atoms with Gasteiger partial charge in [-0.3, -0.25) is 9.59 Å². The van der Waals surface area contributed by atoms with Crippen LogP contribution in [0.4, 0.5) is 0 Å². The van der Waals surface area contributed by atoms with Crippen LogP contribution < -0.4 is 15.8 Å². The van der Waals surface area contributed by atoms with Gasteiger partial charge in [0.1, 0.15) is 18.9 Å². The number of aromatic nitrogens is 2. The molecular formula is C31H33N3O5. The molecule has 8 nitrogen and oxygen atoms in total. The molecule has 202 valence electrons. The SMILES string of the molecule is CC(C)C[C@H](NC(=O)c1cccc(OCc2ccccc2)c1)C(=O)Cn1nc(CCc2ccccc2)oc1=O. The van der Waals surface area contributed by atoms with E-state index in [2.05, 4.69) is 10.4 Å². The second-order valence-corrected chi connectivity index (χ2v) is 9.83. The molecule has 1 aromatic heterocycles. The van der Waals surface area contributed by atoms with E-state index in [1.165, 1.54) is 0 Å². The minimum Gasteiger partial charge on any atom is -0.489 e. The van der Waals surface area contributed by atoms with Crippen molar-refractivity contribution in [2.75, 3.05) is 0 Å². The molecule has 3 aromatic carbocycles. The molecule has 0 radical (unpaired) electrons. The fourth-order valence-electron chi connectivity index (χ4n) is 4.16. The second-order valence-electron chi connectivity index (χ2n) is 9.83. The van der Waals surface area contributed by atoms with E-state index < -0.39 is 17.7 Å². The van der Waals surface area contributed by atoms with Gasteiger partial charge in [0.25, 0.3) is 5.91 Å². The Kier molecular flexibility index (Phi) is 9.45. The predicted octanol–water partition coefficient (Wildman–Crippen LogP) is 4.61. The first-order valence-corrected chi connectivity index (χ1v) is 13.1. The summed E-state index contributed by atoms with van der Waals surface area (Å²) in [5, 5.41) is 7.05. The summed E-state index contributed by atoms with van der Waals surface area (Å²) in [5.41, 5.74) is 2.49.